The summed E-state index contributed by atoms with van der Waals surface area (Å²) in [5.74, 6) is 0.599. The summed E-state index contributed by atoms with van der Waals surface area (Å²) in [6.45, 7) is 1.91. The van der Waals surface area contributed by atoms with E-state index < -0.39 is 0 Å². The quantitative estimate of drug-likeness (QED) is 0.486. The largest absolute Gasteiger partial charge is 0.394 e. The highest BCUT2D eigenvalue weighted by Gasteiger charge is 2.14. The van der Waals surface area contributed by atoms with Gasteiger partial charge in [0.15, 0.2) is 0 Å². The molecule has 0 amide bonds. The molecule has 1 aromatic rings. The number of pyridine rings is 1. The van der Waals surface area contributed by atoms with E-state index in [4.69, 9.17) is 16.2 Å². The number of aliphatic hydroxyl groups excluding tert-OH is 1. The minimum absolute atomic E-state index is 0.0184. The number of hydrogen-bond acceptors (Lipinski definition) is 4. The topological polar surface area (TPSA) is 86.2 Å². The van der Waals surface area contributed by atoms with Gasteiger partial charge in [-0.3, -0.25) is 5.41 Å². The molecule has 4 N–H and O–H groups in total. The average Bonchev–Trinajstić information content (AvgIpc) is 2.27. The first-order valence-corrected chi connectivity index (χ1v) is 4.71. The van der Waals surface area contributed by atoms with E-state index in [1.54, 1.807) is 23.2 Å². The minimum atomic E-state index is -0.0574. The summed E-state index contributed by atoms with van der Waals surface area (Å²) in [5, 5.41) is 16.5. The van der Waals surface area contributed by atoms with Crippen molar-refractivity contribution < 1.29 is 5.11 Å². The van der Waals surface area contributed by atoms with E-state index in [-0.39, 0.29) is 18.5 Å². The number of likely N-dealkylation sites (N-methyl/N-ethyl adjacent to an activating group) is 1. The number of nitrogens with two attached hydrogens (primary N) is 1. The van der Waals surface area contributed by atoms with E-state index in [0.29, 0.717) is 11.4 Å². The highest BCUT2D eigenvalue weighted by atomic mass is 16.3. The average molecular weight is 208 g/mol. The Balaban J connectivity index is 3.07. The Morgan fingerprint density at radius 2 is 2.40 bits per heavy atom. The molecule has 5 nitrogen and oxygen atoms in total. The number of aliphatic hydroxyl groups is 1. The summed E-state index contributed by atoms with van der Waals surface area (Å²) in [6.07, 6.45) is 1.64. The van der Waals surface area contributed by atoms with Crippen LogP contribution < -0.4 is 10.6 Å². The number of nitrogens with zero attached hydrogens (tertiary/aromatic N) is 2. The fourth-order valence-corrected chi connectivity index (χ4v) is 1.22. The molecule has 0 aromatic carbocycles. The molecule has 0 bridgehead atoms. The van der Waals surface area contributed by atoms with E-state index >= 15 is 0 Å². The van der Waals surface area contributed by atoms with Gasteiger partial charge in [0.05, 0.1) is 18.2 Å². The van der Waals surface area contributed by atoms with Crippen molar-refractivity contribution in [3.05, 3.63) is 23.9 Å². The van der Waals surface area contributed by atoms with E-state index in [1.165, 1.54) is 0 Å². The molecule has 15 heavy (non-hydrogen) atoms. The third-order valence-corrected chi connectivity index (χ3v) is 2.34. The lowest BCUT2D eigenvalue weighted by atomic mass is 10.2. The number of hydrogen-bond donors (Lipinski definition) is 3. The molecule has 0 fully saturated rings. The summed E-state index contributed by atoms with van der Waals surface area (Å²) < 4.78 is 0. The molecule has 0 spiro atoms. The third kappa shape index (κ3) is 2.44. The maximum atomic E-state index is 9.04. The van der Waals surface area contributed by atoms with Crippen LogP contribution in [0.5, 0.6) is 0 Å². The summed E-state index contributed by atoms with van der Waals surface area (Å²) >= 11 is 0. The Morgan fingerprint density at radius 3 is 2.93 bits per heavy atom. The molecule has 1 unspecified atom stereocenters. The fourth-order valence-electron chi connectivity index (χ4n) is 1.22. The van der Waals surface area contributed by atoms with Crippen LogP contribution in [0.4, 0.5) is 5.82 Å². The maximum Gasteiger partial charge on any atom is 0.139 e. The van der Waals surface area contributed by atoms with E-state index in [2.05, 4.69) is 4.98 Å². The first kappa shape index (κ1) is 11.5. The molecule has 0 saturated heterocycles. The summed E-state index contributed by atoms with van der Waals surface area (Å²) in [5.41, 5.74) is 6.03. The van der Waals surface area contributed by atoms with Crippen LogP contribution in [0.25, 0.3) is 0 Å². The van der Waals surface area contributed by atoms with Crippen LogP contribution in [0.3, 0.4) is 0 Å². The lowest BCUT2D eigenvalue weighted by Crippen LogP contribution is -2.34. The Morgan fingerprint density at radius 1 is 1.73 bits per heavy atom. The van der Waals surface area contributed by atoms with Gasteiger partial charge in [0.1, 0.15) is 11.7 Å². The van der Waals surface area contributed by atoms with Gasteiger partial charge in [0.2, 0.25) is 0 Å². The van der Waals surface area contributed by atoms with Crippen molar-refractivity contribution in [2.75, 3.05) is 18.6 Å². The first-order chi connectivity index (χ1) is 7.07. The molecular formula is C10H16N4O. The SMILES string of the molecule is CC(CO)N(C)c1ncccc1C(=N)N. The summed E-state index contributed by atoms with van der Waals surface area (Å²) in [4.78, 5) is 5.97. The summed E-state index contributed by atoms with van der Waals surface area (Å²) in [7, 11) is 1.82. The Hall–Kier alpha value is -1.62. The van der Waals surface area contributed by atoms with E-state index in [0.717, 1.165) is 0 Å². The van der Waals surface area contributed by atoms with Gasteiger partial charge in [0, 0.05) is 13.2 Å². The zero-order valence-corrected chi connectivity index (χ0v) is 8.94. The smallest absolute Gasteiger partial charge is 0.139 e. The molecule has 1 rings (SSSR count). The maximum absolute atomic E-state index is 9.04. The highest BCUT2D eigenvalue weighted by molar-refractivity contribution is 5.99. The summed E-state index contributed by atoms with van der Waals surface area (Å²) in [6, 6.07) is 3.42. The normalized spacial score (nSPS) is 12.2. The van der Waals surface area contributed by atoms with Gasteiger partial charge < -0.3 is 15.7 Å². The lowest BCUT2D eigenvalue weighted by molar-refractivity contribution is 0.270. The van der Waals surface area contributed by atoms with Crippen LogP contribution in [0.15, 0.2) is 18.3 Å². The number of amidine groups is 1. The van der Waals surface area contributed by atoms with Crippen LogP contribution in [0.2, 0.25) is 0 Å². The predicted octanol–water partition coefficient (Wildman–Crippen LogP) is 0.183. The van der Waals surface area contributed by atoms with Crippen LogP contribution in [-0.4, -0.2) is 35.6 Å². The van der Waals surface area contributed by atoms with Gasteiger partial charge >= 0.3 is 0 Å². The van der Waals surface area contributed by atoms with Crippen molar-refractivity contribution in [3.8, 4) is 0 Å². The molecular weight excluding hydrogens is 192 g/mol. The van der Waals surface area contributed by atoms with Gasteiger partial charge in [-0.15, -0.1) is 0 Å². The number of rotatable bonds is 4. The van der Waals surface area contributed by atoms with E-state index in [9.17, 15) is 0 Å². The number of nitrogen functional groups attached to an aromatic ring is 1. The van der Waals surface area contributed by atoms with Crippen molar-refractivity contribution in [2.45, 2.75) is 13.0 Å². The second-order valence-corrected chi connectivity index (χ2v) is 3.43. The molecule has 0 aliphatic rings. The van der Waals surface area contributed by atoms with Crippen LogP contribution in [0.1, 0.15) is 12.5 Å². The molecule has 5 heteroatoms. The van der Waals surface area contributed by atoms with Crippen LogP contribution in [-0.2, 0) is 0 Å². The molecule has 1 atom stereocenters. The standard InChI is InChI=1S/C10H16N4O/c1-7(6-15)14(2)10-8(9(11)12)4-3-5-13-10/h3-5,7,15H,6H2,1-2H3,(H3,11,12). The molecule has 0 saturated carbocycles. The monoisotopic (exact) mass is 208 g/mol. The number of nitrogens with one attached hydrogen (secondary N) is 1. The molecule has 0 radical (unpaired) electrons. The second-order valence-electron chi connectivity index (χ2n) is 3.43. The predicted molar refractivity (Wildman–Crippen MR) is 60.2 cm³/mol. The highest BCUT2D eigenvalue weighted by Crippen LogP contribution is 2.16. The van der Waals surface area contributed by atoms with Crippen LogP contribution >= 0.6 is 0 Å². The van der Waals surface area contributed by atoms with Crippen molar-refractivity contribution in [1.82, 2.24) is 4.98 Å². The van der Waals surface area contributed by atoms with Gasteiger partial charge in [-0.2, -0.15) is 0 Å². The van der Waals surface area contributed by atoms with Crippen molar-refractivity contribution in [1.29, 1.82) is 5.41 Å². The van der Waals surface area contributed by atoms with E-state index in [1.807, 2.05) is 14.0 Å². The molecule has 1 aromatic heterocycles. The molecule has 1 heterocycles. The van der Waals surface area contributed by atoms with Gasteiger partial charge in [-0.1, -0.05) is 0 Å². The Kier molecular flexibility index (Phi) is 3.62. The number of aromatic nitrogens is 1. The van der Waals surface area contributed by atoms with Crippen molar-refractivity contribution in [3.63, 3.8) is 0 Å². The van der Waals surface area contributed by atoms with Gasteiger partial charge in [-0.05, 0) is 19.1 Å². The van der Waals surface area contributed by atoms with Gasteiger partial charge in [0.25, 0.3) is 0 Å². The first-order valence-electron chi connectivity index (χ1n) is 4.71. The zero-order chi connectivity index (χ0) is 11.4. The zero-order valence-electron chi connectivity index (χ0n) is 8.94. The molecule has 82 valence electrons. The minimum Gasteiger partial charge on any atom is -0.394 e. The fraction of sp³-hybridized carbons (Fsp3) is 0.400. The third-order valence-electron chi connectivity index (χ3n) is 2.34. The molecule has 0 aliphatic carbocycles. The van der Waals surface area contributed by atoms with Crippen LogP contribution in [0, 0.1) is 5.41 Å². The van der Waals surface area contributed by atoms with Crippen molar-refractivity contribution >= 4 is 11.7 Å². The van der Waals surface area contributed by atoms with Gasteiger partial charge in [-0.25, -0.2) is 4.98 Å². The second kappa shape index (κ2) is 4.75. The Bertz CT molecular complexity index is 353. The number of anilines is 1. The van der Waals surface area contributed by atoms with Crippen molar-refractivity contribution in [2.24, 2.45) is 5.73 Å². The lowest BCUT2D eigenvalue weighted by Gasteiger charge is -2.25. The molecule has 0 aliphatic heterocycles. The Labute approximate surface area is 89.1 Å².